The number of aromatic nitrogens is 1. The second kappa shape index (κ2) is 7.44. The molecule has 128 valence electrons. The molecule has 4 nitrogen and oxygen atoms in total. The number of nitrogens with two attached hydrogens (primary N) is 1. The van der Waals surface area contributed by atoms with E-state index in [0.29, 0.717) is 5.69 Å². The number of nitrogens with zero attached hydrogens (tertiary/aromatic N) is 1. The van der Waals surface area contributed by atoms with Crippen molar-refractivity contribution in [2.75, 3.05) is 5.73 Å². The number of rotatable bonds is 5. The number of anilines is 1. The van der Waals surface area contributed by atoms with Gasteiger partial charge in [-0.3, -0.25) is 0 Å². The third-order valence-electron chi connectivity index (χ3n) is 3.75. The average Bonchev–Trinajstić information content (AvgIpc) is 3.09. The van der Waals surface area contributed by atoms with Crippen molar-refractivity contribution < 1.29 is 13.9 Å². The van der Waals surface area contributed by atoms with E-state index in [0.717, 1.165) is 23.1 Å². The molecule has 0 saturated carbocycles. The van der Waals surface area contributed by atoms with Crippen LogP contribution in [0, 0.1) is 5.82 Å². The molecule has 0 saturated heterocycles. The minimum Gasteiger partial charge on any atom is -0.455 e. The van der Waals surface area contributed by atoms with Crippen LogP contribution in [-0.4, -0.2) is 11.0 Å². The first-order valence-corrected chi connectivity index (χ1v) is 8.70. The van der Waals surface area contributed by atoms with Gasteiger partial charge in [0.15, 0.2) is 0 Å². The molecule has 3 aromatic rings. The van der Waals surface area contributed by atoms with Crippen molar-refractivity contribution in [3.63, 3.8) is 0 Å². The molecule has 1 aromatic heterocycles. The van der Waals surface area contributed by atoms with Crippen LogP contribution in [0.4, 0.5) is 10.1 Å². The fraction of sp³-hybridized carbons (Fsp3) is 0.158. The molecule has 0 spiro atoms. The van der Waals surface area contributed by atoms with Crippen LogP contribution in [0.15, 0.2) is 47.8 Å². The Hall–Kier alpha value is -2.73. The maximum absolute atomic E-state index is 13.0. The molecular formula is C19H17FN2O2S. The van der Waals surface area contributed by atoms with Gasteiger partial charge in [0.1, 0.15) is 17.4 Å². The Bertz CT molecular complexity index is 891. The highest BCUT2D eigenvalue weighted by Crippen LogP contribution is 2.25. The van der Waals surface area contributed by atoms with Crippen LogP contribution in [-0.2, 0) is 17.8 Å². The number of nitrogen functional groups attached to an aromatic ring is 1. The maximum Gasteiger partial charge on any atom is 0.340 e. The Morgan fingerprint density at radius 1 is 1.24 bits per heavy atom. The molecule has 0 atom stereocenters. The first-order chi connectivity index (χ1) is 12.1. The molecule has 25 heavy (non-hydrogen) atoms. The zero-order valence-corrected chi connectivity index (χ0v) is 14.5. The average molecular weight is 356 g/mol. The van der Waals surface area contributed by atoms with Gasteiger partial charge in [0.05, 0.1) is 11.3 Å². The van der Waals surface area contributed by atoms with E-state index in [1.54, 1.807) is 0 Å². The molecular weight excluding hydrogens is 339 g/mol. The van der Waals surface area contributed by atoms with Crippen LogP contribution in [0.1, 0.15) is 28.5 Å². The number of esters is 1. The van der Waals surface area contributed by atoms with Crippen LogP contribution in [0.2, 0.25) is 0 Å². The Morgan fingerprint density at radius 2 is 2.00 bits per heavy atom. The van der Waals surface area contributed by atoms with E-state index in [4.69, 9.17) is 10.5 Å². The number of carbonyl (C=O) groups excluding carboxylic acids is 1. The summed E-state index contributed by atoms with van der Waals surface area (Å²) >= 11 is 1.49. The lowest BCUT2D eigenvalue weighted by atomic mass is 10.1. The van der Waals surface area contributed by atoms with Gasteiger partial charge in [-0.2, -0.15) is 0 Å². The summed E-state index contributed by atoms with van der Waals surface area (Å²) in [5, 5.41) is 2.72. The van der Waals surface area contributed by atoms with Gasteiger partial charge in [-0.25, -0.2) is 14.2 Å². The fourth-order valence-corrected chi connectivity index (χ4v) is 3.14. The fourth-order valence-electron chi connectivity index (χ4n) is 2.33. The summed E-state index contributed by atoms with van der Waals surface area (Å²) in [5.41, 5.74) is 8.80. The number of ether oxygens (including phenoxy) is 1. The van der Waals surface area contributed by atoms with Crippen molar-refractivity contribution in [3.05, 3.63) is 70.5 Å². The summed E-state index contributed by atoms with van der Waals surface area (Å²) in [7, 11) is 0. The largest absolute Gasteiger partial charge is 0.455 e. The van der Waals surface area contributed by atoms with Crippen molar-refractivity contribution in [2.45, 2.75) is 20.0 Å². The Labute approximate surface area is 149 Å². The first kappa shape index (κ1) is 17.1. The topological polar surface area (TPSA) is 65.2 Å². The van der Waals surface area contributed by atoms with Gasteiger partial charge >= 0.3 is 5.97 Å². The van der Waals surface area contributed by atoms with Crippen LogP contribution in [0.3, 0.4) is 0 Å². The van der Waals surface area contributed by atoms with E-state index < -0.39 is 11.8 Å². The smallest absolute Gasteiger partial charge is 0.340 e. The molecule has 2 N–H and O–H groups in total. The Morgan fingerprint density at radius 3 is 2.68 bits per heavy atom. The molecule has 0 unspecified atom stereocenters. The summed E-state index contributed by atoms with van der Waals surface area (Å²) in [4.78, 5) is 16.5. The van der Waals surface area contributed by atoms with Crippen molar-refractivity contribution >= 4 is 23.0 Å². The Kier molecular flexibility index (Phi) is 5.09. The maximum atomic E-state index is 13.0. The third-order valence-corrected chi connectivity index (χ3v) is 4.69. The number of carbonyl (C=O) groups is 1. The number of hydrogen-bond donors (Lipinski definition) is 1. The van der Waals surface area contributed by atoms with Crippen LogP contribution >= 0.6 is 11.3 Å². The number of halogens is 1. The predicted octanol–water partition coefficient (Wildman–Crippen LogP) is 4.45. The highest BCUT2D eigenvalue weighted by Gasteiger charge is 2.13. The summed E-state index contributed by atoms with van der Waals surface area (Å²) in [5.74, 6) is -1.09. The lowest BCUT2D eigenvalue weighted by molar-refractivity contribution is 0.0469. The number of benzene rings is 2. The molecule has 6 heteroatoms. The minimum absolute atomic E-state index is 0.0409. The Balaban J connectivity index is 1.66. The molecule has 0 fully saturated rings. The number of thiazole rings is 1. The molecule has 2 aromatic carbocycles. The van der Waals surface area contributed by atoms with E-state index in [1.165, 1.54) is 29.0 Å². The van der Waals surface area contributed by atoms with E-state index in [-0.39, 0.29) is 17.9 Å². The molecule has 0 amide bonds. The monoisotopic (exact) mass is 356 g/mol. The van der Waals surface area contributed by atoms with E-state index in [2.05, 4.69) is 24.0 Å². The zero-order valence-electron chi connectivity index (χ0n) is 13.7. The van der Waals surface area contributed by atoms with Gasteiger partial charge in [0.25, 0.3) is 0 Å². The molecule has 0 aliphatic rings. The molecule has 1 heterocycles. The molecule has 0 radical (unpaired) electrons. The zero-order chi connectivity index (χ0) is 17.8. The predicted molar refractivity (Wildman–Crippen MR) is 96.9 cm³/mol. The quantitative estimate of drug-likeness (QED) is 0.542. The van der Waals surface area contributed by atoms with Gasteiger partial charge in [0, 0.05) is 16.6 Å². The normalized spacial score (nSPS) is 10.6. The second-order valence-corrected chi connectivity index (χ2v) is 6.36. The lowest BCUT2D eigenvalue weighted by Crippen LogP contribution is -2.08. The molecule has 0 aliphatic heterocycles. The standard InChI is InChI=1S/C19H17FN2O2S/c1-2-12-3-5-13(6-4-12)18-22-15(11-25-18)10-24-19(23)16-8-7-14(20)9-17(16)21/h3-9,11H,2,10,21H2,1H3. The van der Waals surface area contributed by atoms with Gasteiger partial charge in [-0.15, -0.1) is 11.3 Å². The van der Waals surface area contributed by atoms with Crippen molar-refractivity contribution in [2.24, 2.45) is 0 Å². The van der Waals surface area contributed by atoms with E-state index in [9.17, 15) is 9.18 Å². The van der Waals surface area contributed by atoms with E-state index >= 15 is 0 Å². The molecule has 3 rings (SSSR count). The van der Waals surface area contributed by atoms with E-state index in [1.807, 2.05) is 17.5 Å². The minimum atomic E-state index is -0.598. The number of aryl methyl sites for hydroxylation is 1. The van der Waals surface area contributed by atoms with Crippen molar-refractivity contribution in [3.8, 4) is 10.6 Å². The summed E-state index contributed by atoms with van der Waals surface area (Å²) in [6.45, 7) is 2.15. The summed E-state index contributed by atoms with van der Waals surface area (Å²) in [6, 6.07) is 11.8. The van der Waals surface area contributed by atoms with Crippen molar-refractivity contribution in [1.29, 1.82) is 0 Å². The third kappa shape index (κ3) is 4.03. The van der Waals surface area contributed by atoms with Crippen LogP contribution < -0.4 is 5.73 Å². The molecule has 0 bridgehead atoms. The number of hydrogen-bond acceptors (Lipinski definition) is 5. The van der Waals surface area contributed by atoms with Gasteiger partial charge in [-0.1, -0.05) is 31.2 Å². The second-order valence-electron chi connectivity index (χ2n) is 5.50. The highest BCUT2D eigenvalue weighted by atomic mass is 32.1. The summed E-state index contributed by atoms with van der Waals surface area (Å²) in [6.07, 6.45) is 0.992. The first-order valence-electron chi connectivity index (χ1n) is 7.82. The SMILES string of the molecule is CCc1ccc(-c2nc(COC(=O)c3ccc(F)cc3N)cs2)cc1. The summed E-state index contributed by atoms with van der Waals surface area (Å²) < 4.78 is 18.3. The van der Waals surface area contributed by atoms with Crippen LogP contribution in [0.25, 0.3) is 10.6 Å². The van der Waals surface area contributed by atoms with Gasteiger partial charge < -0.3 is 10.5 Å². The van der Waals surface area contributed by atoms with Crippen LogP contribution in [0.5, 0.6) is 0 Å². The highest BCUT2D eigenvalue weighted by molar-refractivity contribution is 7.13. The molecule has 0 aliphatic carbocycles. The van der Waals surface area contributed by atoms with Gasteiger partial charge in [-0.05, 0) is 30.2 Å². The lowest BCUT2D eigenvalue weighted by Gasteiger charge is -2.05. The van der Waals surface area contributed by atoms with Crippen molar-refractivity contribution in [1.82, 2.24) is 4.98 Å². The van der Waals surface area contributed by atoms with Gasteiger partial charge in [0.2, 0.25) is 0 Å².